The molecule has 77 heavy (non-hydrogen) atoms. The molecule has 3 aromatic heterocycles. The van der Waals surface area contributed by atoms with Crippen molar-refractivity contribution in [3.05, 3.63) is 306 Å². The van der Waals surface area contributed by atoms with Gasteiger partial charge < -0.3 is 4.57 Å². The number of hydrogen-bond donors (Lipinski definition) is 0. The summed E-state index contributed by atoms with van der Waals surface area (Å²) >= 11 is 0. The summed E-state index contributed by atoms with van der Waals surface area (Å²) in [5.74, 6) is 1.86. The van der Waals surface area contributed by atoms with Gasteiger partial charge in [-0.1, -0.05) is 237 Å². The molecule has 2 bridgehead atoms. The van der Waals surface area contributed by atoms with Crippen molar-refractivity contribution in [2.24, 2.45) is 0 Å². The molecule has 3 aliphatic carbocycles. The number of rotatable bonds is 8. The number of para-hydroxylation sites is 3. The van der Waals surface area contributed by atoms with E-state index < -0.39 is 8.07 Å². The third-order valence-electron chi connectivity index (χ3n) is 16.7. The monoisotopic (exact) mass is 997 g/mol. The molecule has 0 aliphatic heterocycles. The van der Waals surface area contributed by atoms with Gasteiger partial charge in [0.05, 0.1) is 22.1 Å². The summed E-state index contributed by atoms with van der Waals surface area (Å²) in [4.78, 5) is 16.5. The zero-order chi connectivity index (χ0) is 50.6. The van der Waals surface area contributed by atoms with Gasteiger partial charge in [-0.15, -0.1) is 0 Å². The fourth-order valence-electron chi connectivity index (χ4n) is 13.7. The molecule has 6 heteroatoms. The zero-order valence-corrected chi connectivity index (χ0v) is 42.9. The Labute approximate surface area is 446 Å². The Morgan fingerprint density at radius 3 is 1.30 bits per heavy atom. The first-order valence-corrected chi connectivity index (χ1v) is 28.6. The predicted octanol–water partition coefficient (Wildman–Crippen LogP) is 13.8. The SMILES string of the molecule is c1ccc(-c2nc(-c3cccc([Si](c4ccccc4)(c4ccccc4)c4ccccc4)c3)nc(-n3c4ccccc4c4c5c(ccc43)C3c4ccccc4C5c4c3ccc3c4c4ccccc4n3-c3ccccc3)n2)cc1. The van der Waals surface area contributed by atoms with Gasteiger partial charge in [0.25, 0.3) is 0 Å². The summed E-state index contributed by atoms with van der Waals surface area (Å²) < 4.78 is 4.76. The average Bonchev–Trinajstić information content (AvgIpc) is 4.25. The summed E-state index contributed by atoms with van der Waals surface area (Å²) in [6, 6.07) is 100. The van der Waals surface area contributed by atoms with Crippen LogP contribution in [0.1, 0.15) is 45.2 Å². The molecule has 0 saturated heterocycles. The van der Waals surface area contributed by atoms with Crippen LogP contribution in [0.2, 0.25) is 0 Å². The van der Waals surface area contributed by atoms with Gasteiger partial charge in [-0.05, 0) is 90.5 Å². The lowest BCUT2D eigenvalue weighted by atomic mass is 9.59. The van der Waals surface area contributed by atoms with Crippen LogP contribution in [0.15, 0.2) is 273 Å². The second kappa shape index (κ2) is 17.1. The third kappa shape index (κ3) is 6.37. The van der Waals surface area contributed by atoms with E-state index in [1.807, 2.05) is 6.07 Å². The van der Waals surface area contributed by atoms with E-state index in [1.54, 1.807) is 0 Å². The lowest BCUT2D eigenvalue weighted by Gasteiger charge is -2.43. The van der Waals surface area contributed by atoms with Gasteiger partial charge in [0.1, 0.15) is 0 Å². The van der Waals surface area contributed by atoms with Crippen molar-refractivity contribution in [1.29, 1.82) is 0 Å². The molecule has 0 radical (unpaired) electrons. The van der Waals surface area contributed by atoms with Crippen molar-refractivity contribution in [3.8, 4) is 34.4 Å². The fraction of sp³-hybridized carbons (Fsp3) is 0.0282. The average molecular weight is 998 g/mol. The number of hydrogen-bond acceptors (Lipinski definition) is 3. The Kier molecular flexibility index (Phi) is 9.72. The maximum absolute atomic E-state index is 5.61. The molecule has 5 nitrogen and oxygen atoms in total. The largest absolute Gasteiger partial charge is 0.309 e. The molecule has 3 heterocycles. The van der Waals surface area contributed by atoms with Crippen LogP contribution in [0.25, 0.3) is 78.0 Å². The lowest BCUT2D eigenvalue weighted by Crippen LogP contribution is -2.74. The molecule has 360 valence electrons. The van der Waals surface area contributed by atoms with Gasteiger partial charge in [0.2, 0.25) is 5.95 Å². The van der Waals surface area contributed by atoms with Crippen molar-refractivity contribution >= 4 is 72.4 Å². The highest BCUT2D eigenvalue weighted by molar-refractivity contribution is 7.19. The molecule has 0 fully saturated rings. The van der Waals surface area contributed by atoms with E-state index in [1.165, 1.54) is 86.7 Å². The van der Waals surface area contributed by atoms with E-state index in [0.29, 0.717) is 17.6 Å². The van der Waals surface area contributed by atoms with Crippen molar-refractivity contribution in [1.82, 2.24) is 24.1 Å². The van der Waals surface area contributed by atoms with E-state index in [4.69, 9.17) is 15.0 Å². The first kappa shape index (κ1) is 43.6. The van der Waals surface area contributed by atoms with E-state index in [2.05, 4.69) is 276 Å². The molecule has 2 atom stereocenters. The molecular formula is C71H47N5Si. The van der Waals surface area contributed by atoms with Crippen LogP contribution in [0.3, 0.4) is 0 Å². The standard InChI is InChI=1S/C71H47N5Si/c1-6-23-46(24-7-1)69-72-70(47-25-22-34-52(45-47)77(49-28-10-3-11-29-49,50-30-12-4-13-31-50)51-32-14-5-15-33-51)74-71(73-69)76-60-40-21-19-38-56(60)65-62(76)44-42-58-63-53-35-16-17-36-54(53)66(68(58)65)67-57(63)41-43-61-64(67)55-37-18-20-39-59(55)75(61)48-26-8-2-9-27-48/h1-45,63,66H. The second-order valence-electron chi connectivity index (χ2n) is 20.5. The minimum atomic E-state index is -2.88. The van der Waals surface area contributed by atoms with E-state index >= 15 is 0 Å². The van der Waals surface area contributed by atoms with Crippen LogP contribution >= 0.6 is 0 Å². The molecule has 0 saturated carbocycles. The number of nitrogens with zero attached hydrogens (tertiary/aromatic N) is 5. The minimum absolute atomic E-state index is 0.0253. The summed E-state index contributed by atoms with van der Waals surface area (Å²) in [5, 5.41) is 10.2. The first-order valence-electron chi connectivity index (χ1n) is 26.6. The summed E-state index contributed by atoms with van der Waals surface area (Å²) in [6.07, 6.45) is 0. The van der Waals surface area contributed by atoms with Crippen LogP contribution < -0.4 is 20.7 Å². The Balaban J connectivity index is 0.949. The Morgan fingerprint density at radius 2 is 0.727 bits per heavy atom. The van der Waals surface area contributed by atoms with Crippen LogP contribution in [0.5, 0.6) is 0 Å². The predicted molar refractivity (Wildman–Crippen MR) is 318 cm³/mol. The molecule has 14 aromatic rings. The lowest BCUT2D eigenvalue weighted by molar-refractivity contribution is 0.768. The Bertz CT molecular complexity index is 4530. The summed E-state index contributed by atoms with van der Waals surface area (Å²) in [7, 11) is -2.88. The maximum atomic E-state index is 5.61. The smallest absolute Gasteiger partial charge is 0.238 e. The number of aromatic nitrogens is 5. The topological polar surface area (TPSA) is 48.5 Å². The molecule has 11 aromatic carbocycles. The zero-order valence-electron chi connectivity index (χ0n) is 41.9. The highest BCUT2D eigenvalue weighted by Crippen LogP contribution is 2.60. The minimum Gasteiger partial charge on any atom is -0.309 e. The van der Waals surface area contributed by atoms with Gasteiger partial charge in [0, 0.05) is 50.2 Å². The molecule has 0 amide bonds. The quantitative estimate of drug-likeness (QED) is 0.113. The van der Waals surface area contributed by atoms with Gasteiger partial charge in [-0.25, -0.2) is 4.98 Å². The van der Waals surface area contributed by atoms with Crippen LogP contribution in [0, 0.1) is 0 Å². The first-order chi connectivity index (χ1) is 38.2. The van der Waals surface area contributed by atoms with E-state index in [9.17, 15) is 0 Å². The Hall–Kier alpha value is -9.75. The van der Waals surface area contributed by atoms with E-state index in [-0.39, 0.29) is 11.8 Å². The maximum Gasteiger partial charge on any atom is 0.238 e. The van der Waals surface area contributed by atoms with Gasteiger partial charge in [-0.2, -0.15) is 9.97 Å². The molecule has 0 N–H and O–H groups in total. The van der Waals surface area contributed by atoms with Gasteiger partial charge >= 0.3 is 0 Å². The van der Waals surface area contributed by atoms with Crippen molar-refractivity contribution in [3.63, 3.8) is 0 Å². The molecule has 3 aliphatic rings. The molecule has 0 spiro atoms. The van der Waals surface area contributed by atoms with Crippen molar-refractivity contribution in [2.45, 2.75) is 11.8 Å². The summed E-state index contributed by atoms with van der Waals surface area (Å²) in [5.41, 5.74) is 15.9. The third-order valence-corrected chi connectivity index (χ3v) is 21.5. The number of fused-ring (bicyclic) bond motifs is 6. The van der Waals surface area contributed by atoms with Gasteiger partial charge in [-0.3, -0.25) is 4.57 Å². The Morgan fingerprint density at radius 1 is 0.299 bits per heavy atom. The second-order valence-corrected chi connectivity index (χ2v) is 24.3. The highest BCUT2D eigenvalue weighted by atomic mass is 28.3. The van der Waals surface area contributed by atoms with Gasteiger partial charge in [0.15, 0.2) is 19.7 Å². The number of benzene rings is 11. The van der Waals surface area contributed by atoms with E-state index in [0.717, 1.165) is 27.8 Å². The van der Waals surface area contributed by atoms with Crippen LogP contribution in [-0.2, 0) is 0 Å². The molecular weight excluding hydrogens is 951 g/mol. The highest BCUT2D eigenvalue weighted by Gasteiger charge is 2.45. The van der Waals surface area contributed by atoms with Crippen LogP contribution in [-0.4, -0.2) is 32.2 Å². The van der Waals surface area contributed by atoms with Crippen molar-refractivity contribution in [2.75, 3.05) is 0 Å². The fourth-order valence-corrected chi connectivity index (χ4v) is 18.5. The normalized spacial score (nSPS) is 14.5. The summed E-state index contributed by atoms with van der Waals surface area (Å²) in [6.45, 7) is 0. The molecule has 2 unspecified atom stereocenters. The van der Waals surface area contributed by atoms with Crippen LogP contribution in [0.4, 0.5) is 0 Å². The van der Waals surface area contributed by atoms with Crippen molar-refractivity contribution < 1.29 is 0 Å². The molecule has 17 rings (SSSR count).